The quantitative estimate of drug-likeness (QED) is 0.870. The summed E-state index contributed by atoms with van der Waals surface area (Å²) in [5, 5.41) is 2.95. The van der Waals surface area contributed by atoms with Gasteiger partial charge < -0.3 is 10.1 Å². The molecule has 5 heteroatoms. The molecule has 0 spiro atoms. The standard InChI is InChI=1S/C9H9Br2NO2/c1-14-9(13)5-12-8-3-2-6(10)4-7(8)11/h2-4,12H,5H2,1H3. The van der Waals surface area contributed by atoms with E-state index in [1.165, 1.54) is 7.11 Å². The zero-order valence-electron chi connectivity index (χ0n) is 7.51. The number of anilines is 1. The summed E-state index contributed by atoms with van der Waals surface area (Å²) in [4.78, 5) is 10.9. The van der Waals surface area contributed by atoms with E-state index in [0.717, 1.165) is 14.6 Å². The molecule has 0 radical (unpaired) electrons. The Labute approximate surface area is 99.1 Å². The summed E-state index contributed by atoms with van der Waals surface area (Å²) in [6, 6.07) is 5.67. The van der Waals surface area contributed by atoms with Gasteiger partial charge in [-0.2, -0.15) is 0 Å². The van der Waals surface area contributed by atoms with Gasteiger partial charge in [-0.15, -0.1) is 0 Å². The number of rotatable bonds is 3. The molecule has 0 amide bonds. The van der Waals surface area contributed by atoms with Gasteiger partial charge in [-0.3, -0.25) is 4.79 Å². The average molecular weight is 323 g/mol. The molecule has 0 saturated heterocycles. The summed E-state index contributed by atoms with van der Waals surface area (Å²) in [7, 11) is 1.36. The fourth-order valence-electron chi connectivity index (χ4n) is 0.872. The van der Waals surface area contributed by atoms with Crippen molar-refractivity contribution in [2.75, 3.05) is 19.0 Å². The van der Waals surface area contributed by atoms with Crippen LogP contribution in [0.1, 0.15) is 0 Å². The van der Waals surface area contributed by atoms with Gasteiger partial charge in [0.1, 0.15) is 6.54 Å². The number of benzene rings is 1. The van der Waals surface area contributed by atoms with Gasteiger partial charge in [0.15, 0.2) is 0 Å². The van der Waals surface area contributed by atoms with Crippen molar-refractivity contribution in [2.45, 2.75) is 0 Å². The minimum absolute atomic E-state index is 0.163. The van der Waals surface area contributed by atoms with Crippen molar-refractivity contribution in [3.63, 3.8) is 0 Å². The summed E-state index contributed by atoms with van der Waals surface area (Å²) in [6.45, 7) is 0.163. The van der Waals surface area contributed by atoms with Crippen LogP contribution >= 0.6 is 31.9 Å². The van der Waals surface area contributed by atoms with Crippen molar-refractivity contribution in [1.29, 1.82) is 0 Å². The van der Waals surface area contributed by atoms with Gasteiger partial charge in [0, 0.05) is 14.6 Å². The van der Waals surface area contributed by atoms with Crippen LogP contribution in [0.25, 0.3) is 0 Å². The summed E-state index contributed by atoms with van der Waals surface area (Å²) in [5.41, 5.74) is 0.860. The topological polar surface area (TPSA) is 38.3 Å². The summed E-state index contributed by atoms with van der Waals surface area (Å²) < 4.78 is 6.39. The Morgan fingerprint density at radius 1 is 1.50 bits per heavy atom. The molecule has 0 bridgehead atoms. The van der Waals surface area contributed by atoms with Crippen LogP contribution in [0.2, 0.25) is 0 Å². The number of carbonyl (C=O) groups is 1. The highest BCUT2D eigenvalue weighted by atomic mass is 79.9. The Bertz CT molecular complexity index is 342. The van der Waals surface area contributed by atoms with Gasteiger partial charge in [-0.1, -0.05) is 15.9 Å². The smallest absolute Gasteiger partial charge is 0.325 e. The fourth-order valence-corrected chi connectivity index (χ4v) is 2.06. The van der Waals surface area contributed by atoms with E-state index in [0.29, 0.717) is 0 Å². The van der Waals surface area contributed by atoms with Crippen molar-refractivity contribution in [1.82, 2.24) is 0 Å². The average Bonchev–Trinajstić information content (AvgIpc) is 2.16. The normalized spacial score (nSPS) is 9.64. The van der Waals surface area contributed by atoms with Gasteiger partial charge in [0.05, 0.1) is 7.11 Å². The molecular formula is C9H9Br2NO2. The molecule has 0 aliphatic heterocycles. The molecule has 1 N–H and O–H groups in total. The molecule has 0 heterocycles. The first-order chi connectivity index (χ1) is 6.63. The number of hydrogen-bond acceptors (Lipinski definition) is 3. The number of carbonyl (C=O) groups excluding carboxylic acids is 1. The van der Waals surface area contributed by atoms with E-state index in [4.69, 9.17) is 0 Å². The van der Waals surface area contributed by atoms with Crippen LogP contribution in [-0.2, 0) is 9.53 Å². The van der Waals surface area contributed by atoms with Crippen LogP contribution in [0, 0.1) is 0 Å². The van der Waals surface area contributed by atoms with E-state index in [-0.39, 0.29) is 12.5 Å². The Kier molecular flexibility index (Phi) is 4.41. The Morgan fingerprint density at radius 2 is 2.21 bits per heavy atom. The zero-order valence-corrected chi connectivity index (χ0v) is 10.7. The van der Waals surface area contributed by atoms with Crippen molar-refractivity contribution >= 4 is 43.5 Å². The van der Waals surface area contributed by atoms with Crippen molar-refractivity contribution in [2.24, 2.45) is 0 Å². The summed E-state index contributed by atoms with van der Waals surface area (Å²) in [5.74, 6) is -0.292. The third kappa shape index (κ3) is 3.31. The molecule has 14 heavy (non-hydrogen) atoms. The van der Waals surface area contributed by atoms with Crippen molar-refractivity contribution in [3.8, 4) is 0 Å². The molecule has 0 aromatic heterocycles. The summed E-state index contributed by atoms with van der Waals surface area (Å²) >= 11 is 6.72. The zero-order chi connectivity index (χ0) is 10.6. The molecule has 1 rings (SSSR count). The monoisotopic (exact) mass is 321 g/mol. The van der Waals surface area contributed by atoms with Crippen molar-refractivity contribution in [3.05, 3.63) is 27.1 Å². The first-order valence-electron chi connectivity index (χ1n) is 3.89. The minimum atomic E-state index is -0.292. The molecule has 1 aromatic carbocycles. The molecule has 3 nitrogen and oxygen atoms in total. The van der Waals surface area contributed by atoms with E-state index in [1.54, 1.807) is 0 Å². The lowest BCUT2D eigenvalue weighted by Gasteiger charge is -2.07. The second kappa shape index (κ2) is 5.36. The first kappa shape index (κ1) is 11.5. The molecule has 76 valence electrons. The second-order valence-corrected chi connectivity index (χ2v) is 4.32. The van der Waals surface area contributed by atoms with Gasteiger partial charge in [0.25, 0.3) is 0 Å². The highest BCUT2D eigenvalue weighted by Crippen LogP contribution is 2.25. The lowest BCUT2D eigenvalue weighted by molar-refractivity contribution is -0.138. The van der Waals surface area contributed by atoms with Gasteiger partial charge in [-0.25, -0.2) is 0 Å². The van der Waals surface area contributed by atoms with Gasteiger partial charge in [-0.05, 0) is 34.1 Å². The van der Waals surface area contributed by atoms with E-state index in [9.17, 15) is 4.79 Å². The third-order valence-corrected chi connectivity index (χ3v) is 2.73. The minimum Gasteiger partial charge on any atom is -0.468 e. The molecule has 0 aliphatic carbocycles. The van der Waals surface area contributed by atoms with Crippen LogP contribution in [0.5, 0.6) is 0 Å². The van der Waals surface area contributed by atoms with E-state index < -0.39 is 0 Å². The van der Waals surface area contributed by atoms with Crippen LogP contribution < -0.4 is 5.32 Å². The first-order valence-corrected chi connectivity index (χ1v) is 5.48. The number of methoxy groups -OCH3 is 1. The highest BCUT2D eigenvalue weighted by Gasteiger charge is 2.03. The largest absolute Gasteiger partial charge is 0.468 e. The molecule has 0 saturated carbocycles. The summed E-state index contributed by atoms with van der Waals surface area (Å²) in [6.07, 6.45) is 0. The maximum Gasteiger partial charge on any atom is 0.325 e. The molecule has 0 aliphatic rings. The third-order valence-electron chi connectivity index (χ3n) is 1.58. The number of halogens is 2. The predicted molar refractivity (Wildman–Crippen MR) is 62.3 cm³/mol. The molecular weight excluding hydrogens is 314 g/mol. The number of nitrogens with one attached hydrogen (secondary N) is 1. The van der Waals surface area contributed by atoms with E-state index >= 15 is 0 Å². The lowest BCUT2D eigenvalue weighted by Crippen LogP contribution is -2.15. The Balaban J connectivity index is 2.63. The number of esters is 1. The van der Waals surface area contributed by atoms with Gasteiger partial charge in [0.2, 0.25) is 0 Å². The van der Waals surface area contributed by atoms with Crippen LogP contribution in [0.15, 0.2) is 27.1 Å². The lowest BCUT2D eigenvalue weighted by atomic mass is 10.3. The molecule has 1 aromatic rings. The number of hydrogen-bond donors (Lipinski definition) is 1. The maximum atomic E-state index is 10.9. The highest BCUT2D eigenvalue weighted by molar-refractivity contribution is 9.11. The maximum absolute atomic E-state index is 10.9. The Morgan fingerprint density at radius 3 is 2.79 bits per heavy atom. The predicted octanol–water partition coefficient (Wildman–Crippen LogP) is 2.80. The molecule has 0 atom stereocenters. The van der Waals surface area contributed by atoms with Gasteiger partial charge >= 0.3 is 5.97 Å². The van der Waals surface area contributed by atoms with E-state index in [1.807, 2.05) is 18.2 Å². The van der Waals surface area contributed by atoms with Crippen LogP contribution in [0.3, 0.4) is 0 Å². The van der Waals surface area contributed by atoms with E-state index in [2.05, 4.69) is 41.9 Å². The SMILES string of the molecule is COC(=O)CNc1ccc(Br)cc1Br. The fraction of sp³-hybridized carbons (Fsp3) is 0.222. The molecule has 0 fully saturated rings. The van der Waals surface area contributed by atoms with Crippen LogP contribution in [0.4, 0.5) is 5.69 Å². The van der Waals surface area contributed by atoms with Crippen LogP contribution in [-0.4, -0.2) is 19.6 Å². The molecule has 0 unspecified atom stereocenters. The number of ether oxygens (including phenoxy) is 1. The second-order valence-electron chi connectivity index (χ2n) is 2.55. The Hall–Kier alpha value is -0.550. The van der Waals surface area contributed by atoms with Crippen molar-refractivity contribution < 1.29 is 9.53 Å².